The van der Waals surface area contributed by atoms with Crippen LogP contribution in [0.25, 0.3) is 11.0 Å². The van der Waals surface area contributed by atoms with Gasteiger partial charge >= 0.3 is 0 Å². The summed E-state index contributed by atoms with van der Waals surface area (Å²) in [7, 11) is 1.89. The van der Waals surface area contributed by atoms with Crippen LogP contribution < -0.4 is 0 Å². The molecule has 0 saturated heterocycles. The number of hydrogen-bond donors (Lipinski definition) is 0. The summed E-state index contributed by atoms with van der Waals surface area (Å²) in [5.41, 5.74) is 1.70. The van der Waals surface area contributed by atoms with Crippen LogP contribution in [0.4, 0.5) is 4.39 Å². The lowest BCUT2D eigenvalue weighted by Gasteiger charge is -1.97. The Balaban J connectivity index is 2.89. The van der Waals surface area contributed by atoms with Gasteiger partial charge in [-0.3, -0.25) is 0 Å². The second-order valence-electron chi connectivity index (χ2n) is 2.97. The molecule has 2 rings (SSSR count). The van der Waals surface area contributed by atoms with Gasteiger partial charge in [0.1, 0.15) is 11.6 Å². The smallest absolute Gasteiger partial charge is 0.138 e. The van der Waals surface area contributed by atoms with E-state index in [9.17, 15) is 4.39 Å². The first kappa shape index (κ1) is 8.93. The maximum atomic E-state index is 13.2. The average Bonchev–Trinajstić information content (AvgIpc) is 2.32. The molecule has 0 aliphatic heterocycles. The lowest BCUT2D eigenvalue weighted by atomic mass is 10.3. The molecule has 2 nitrogen and oxygen atoms in total. The molecule has 0 fully saturated rings. The minimum Gasteiger partial charge on any atom is -0.331 e. The third-order valence-electron chi connectivity index (χ3n) is 2.15. The molecule has 2 aromatic rings. The van der Waals surface area contributed by atoms with Gasteiger partial charge in [-0.2, -0.15) is 0 Å². The van der Waals surface area contributed by atoms with Gasteiger partial charge in [-0.25, -0.2) is 9.37 Å². The number of rotatable bonds is 0. The van der Waals surface area contributed by atoms with Crippen molar-refractivity contribution in [2.24, 2.45) is 7.05 Å². The molecule has 0 aliphatic rings. The van der Waals surface area contributed by atoms with Crippen molar-refractivity contribution in [3.8, 4) is 0 Å². The van der Waals surface area contributed by atoms with Crippen LogP contribution in [0, 0.1) is 16.3 Å². The normalized spacial score (nSPS) is 11.1. The van der Waals surface area contributed by atoms with Crippen molar-refractivity contribution in [2.75, 3.05) is 0 Å². The first-order valence-corrected chi connectivity index (χ1v) is 4.95. The molecule has 68 valence electrons. The predicted molar refractivity (Wildman–Crippen MR) is 58.1 cm³/mol. The quantitative estimate of drug-likeness (QED) is 0.682. The van der Waals surface area contributed by atoms with Crippen molar-refractivity contribution < 1.29 is 4.39 Å². The van der Waals surface area contributed by atoms with E-state index in [1.165, 1.54) is 6.07 Å². The molecule has 0 spiro atoms. The molecule has 0 saturated carbocycles. The molecule has 0 radical (unpaired) electrons. The standard InChI is InChI=1S/C9H8FIN2/c1-5-12-8-4-7(11)6(10)3-9(8)13(5)2/h3-4H,1-2H3. The number of hydrogen-bond acceptors (Lipinski definition) is 1. The van der Waals surface area contributed by atoms with Crippen molar-refractivity contribution in [1.29, 1.82) is 0 Å². The molecule has 0 atom stereocenters. The van der Waals surface area contributed by atoms with Gasteiger partial charge < -0.3 is 4.57 Å². The zero-order chi connectivity index (χ0) is 9.59. The van der Waals surface area contributed by atoms with Crippen molar-refractivity contribution in [2.45, 2.75) is 6.92 Å². The van der Waals surface area contributed by atoms with E-state index in [2.05, 4.69) is 4.98 Å². The molecule has 0 amide bonds. The SMILES string of the molecule is Cc1nc2cc(I)c(F)cc2n1C. The van der Waals surface area contributed by atoms with E-state index in [-0.39, 0.29) is 5.82 Å². The first-order valence-electron chi connectivity index (χ1n) is 3.87. The Morgan fingerprint density at radius 1 is 1.46 bits per heavy atom. The first-order chi connectivity index (χ1) is 6.09. The summed E-state index contributed by atoms with van der Waals surface area (Å²) >= 11 is 1.97. The monoisotopic (exact) mass is 290 g/mol. The fraction of sp³-hybridized carbons (Fsp3) is 0.222. The molecular weight excluding hydrogens is 282 g/mol. The number of aryl methyl sites for hydroxylation is 2. The van der Waals surface area contributed by atoms with Gasteiger partial charge in [-0.15, -0.1) is 0 Å². The maximum absolute atomic E-state index is 13.2. The third-order valence-corrected chi connectivity index (χ3v) is 2.97. The van der Waals surface area contributed by atoms with Crippen LogP contribution in [0.5, 0.6) is 0 Å². The van der Waals surface area contributed by atoms with Gasteiger partial charge in [0, 0.05) is 13.1 Å². The fourth-order valence-electron chi connectivity index (χ4n) is 1.31. The number of halogens is 2. The summed E-state index contributed by atoms with van der Waals surface area (Å²) in [5, 5.41) is 0. The number of nitrogens with zero attached hydrogens (tertiary/aromatic N) is 2. The summed E-state index contributed by atoms with van der Waals surface area (Å²) in [6, 6.07) is 3.29. The van der Waals surface area contributed by atoms with Gasteiger partial charge in [0.25, 0.3) is 0 Å². The van der Waals surface area contributed by atoms with Crippen LogP contribution in [-0.4, -0.2) is 9.55 Å². The summed E-state index contributed by atoms with van der Waals surface area (Å²) in [4.78, 5) is 4.31. The van der Waals surface area contributed by atoms with E-state index in [0.29, 0.717) is 3.57 Å². The molecule has 0 aliphatic carbocycles. The van der Waals surface area contributed by atoms with E-state index in [1.54, 1.807) is 6.07 Å². The maximum Gasteiger partial charge on any atom is 0.138 e. The van der Waals surface area contributed by atoms with Crippen molar-refractivity contribution in [3.05, 3.63) is 27.3 Å². The van der Waals surface area contributed by atoms with Crippen LogP contribution in [-0.2, 0) is 7.05 Å². The minimum absolute atomic E-state index is 0.184. The molecule has 0 N–H and O–H groups in total. The van der Waals surface area contributed by atoms with Crippen LogP contribution >= 0.6 is 22.6 Å². The largest absolute Gasteiger partial charge is 0.331 e. The second-order valence-corrected chi connectivity index (χ2v) is 4.14. The lowest BCUT2D eigenvalue weighted by Crippen LogP contribution is -1.91. The summed E-state index contributed by atoms with van der Waals surface area (Å²) < 4.78 is 15.7. The van der Waals surface area contributed by atoms with Crippen LogP contribution in [0.2, 0.25) is 0 Å². The van der Waals surface area contributed by atoms with Gasteiger partial charge in [-0.05, 0) is 35.6 Å². The number of aromatic nitrogens is 2. The van der Waals surface area contributed by atoms with E-state index in [0.717, 1.165) is 16.9 Å². The van der Waals surface area contributed by atoms with Gasteiger partial charge in [0.05, 0.1) is 14.6 Å². The highest BCUT2D eigenvalue weighted by atomic mass is 127. The zero-order valence-electron chi connectivity index (χ0n) is 7.31. The summed E-state index contributed by atoms with van der Waals surface area (Å²) in [5.74, 6) is 0.715. The van der Waals surface area contributed by atoms with Crippen LogP contribution in [0.15, 0.2) is 12.1 Å². The number of benzene rings is 1. The van der Waals surface area contributed by atoms with Gasteiger partial charge in [0.15, 0.2) is 0 Å². The highest BCUT2D eigenvalue weighted by molar-refractivity contribution is 14.1. The summed E-state index contributed by atoms with van der Waals surface area (Å²) in [6.07, 6.45) is 0. The fourth-order valence-corrected chi connectivity index (χ4v) is 1.76. The molecule has 0 bridgehead atoms. The van der Waals surface area contributed by atoms with Crippen molar-refractivity contribution in [1.82, 2.24) is 9.55 Å². The van der Waals surface area contributed by atoms with Crippen molar-refractivity contribution >= 4 is 33.6 Å². The Morgan fingerprint density at radius 3 is 2.85 bits per heavy atom. The molecule has 4 heteroatoms. The lowest BCUT2D eigenvalue weighted by molar-refractivity contribution is 0.621. The van der Waals surface area contributed by atoms with Crippen LogP contribution in [0.1, 0.15) is 5.82 Å². The van der Waals surface area contributed by atoms with E-state index >= 15 is 0 Å². The minimum atomic E-state index is -0.184. The van der Waals surface area contributed by atoms with Gasteiger partial charge in [0.2, 0.25) is 0 Å². The van der Waals surface area contributed by atoms with Gasteiger partial charge in [-0.1, -0.05) is 0 Å². The second kappa shape index (κ2) is 2.94. The van der Waals surface area contributed by atoms with Crippen LogP contribution in [0.3, 0.4) is 0 Å². The predicted octanol–water partition coefficient (Wildman–Crippen LogP) is 2.63. The Labute approximate surface area is 88.9 Å². The van der Waals surface area contributed by atoms with E-state index < -0.39 is 0 Å². The molecular formula is C9H8FIN2. The molecule has 1 heterocycles. The average molecular weight is 290 g/mol. The highest BCUT2D eigenvalue weighted by Crippen LogP contribution is 2.20. The zero-order valence-corrected chi connectivity index (χ0v) is 9.46. The Bertz CT molecular complexity index is 476. The Morgan fingerprint density at radius 2 is 2.15 bits per heavy atom. The Hall–Kier alpha value is -0.650. The third kappa shape index (κ3) is 1.33. The highest BCUT2D eigenvalue weighted by Gasteiger charge is 2.07. The molecule has 13 heavy (non-hydrogen) atoms. The van der Waals surface area contributed by atoms with Crippen molar-refractivity contribution in [3.63, 3.8) is 0 Å². The van der Waals surface area contributed by atoms with E-state index in [1.807, 2.05) is 41.1 Å². The topological polar surface area (TPSA) is 17.8 Å². The molecule has 1 aromatic heterocycles. The molecule has 0 unspecified atom stereocenters. The Kier molecular flexibility index (Phi) is 2.02. The number of fused-ring (bicyclic) bond motifs is 1. The summed E-state index contributed by atoms with van der Waals surface area (Å²) in [6.45, 7) is 1.91. The van der Waals surface area contributed by atoms with E-state index in [4.69, 9.17) is 0 Å². The molecule has 1 aromatic carbocycles. The number of imidazole rings is 1.